The maximum absolute atomic E-state index is 12.9. The van der Waals surface area contributed by atoms with E-state index < -0.39 is 0 Å². The molecule has 6 heteroatoms. The fraction of sp³-hybridized carbons (Fsp3) is 0.684. The molecule has 0 aromatic carbocycles. The Morgan fingerprint density at radius 3 is 2.32 bits per heavy atom. The van der Waals surface area contributed by atoms with Crippen LogP contribution in [0.15, 0.2) is 16.8 Å². The van der Waals surface area contributed by atoms with E-state index in [1.54, 1.807) is 11.3 Å². The molecule has 3 heterocycles. The highest BCUT2D eigenvalue weighted by Crippen LogP contribution is 2.35. The molecule has 0 unspecified atom stereocenters. The fourth-order valence-electron chi connectivity index (χ4n) is 4.08. The Morgan fingerprint density at radius 1 is 1.04 bits per heavy atom. The summed E-state index contributed by atoms with van der Waals surface area (Å²) in [5.74, 6) is 0.744. The van der Waals surface area contributed by atoms with Crippen LogP contribution in [0.25, 0.3) is 0 Å². The molecule has 0 spiro atoms. The molecule has 4 rings (SSSR count). The summed E-state index contributed by atoms with van der Waals surface area (Å²) >= 11 is 1.56. The van der Waals surface area contributed by atoms with Gasteiger partial charge in [-0.15, -0.1) is 0 Å². The highest BCUT2D eigenvalue weighted by molar-refractivity contribution is 7.08. The molecule has 1 aromatic heterocycles. The van der Waals surface area contributed by atoms with E-state index in [4.69, 9.17) is 4.74 Å². The number of hydrogen-bond acceptors (Lipinski definition) is 4. The van der Waals surface area contributed by atoms with Crippen LogP contribution in [0.3, 0.4) is 0 Å². The number of rotatable bonds is 4. The van der Waals surface area contributed by atoms with Crippen molar-refractivity contribution in [2.45, 2.75) is 50.6 Å². The standard InChI is InChI=1S/C19H26N2O3S/c22-18(15-7-12-25-13-15)20-8-3-16(4-9-20)21(19(23)14-1-2-14)17-5-10-24-11-6-17/h7,12-14,16-17H,1-6,8-11H2. The fourth-order valence-corrected chi connectivity index (χ4v) is 4.71. The third-order valence-electron chi connectivity index (χ3n) is 5.68. The third-order valence-corrected chi connectivity index (χ3v) is 6.36. The predicted molar refractivity (Wildman–Crippen MR) is 96.7 cm³/mol. The van der Waals surface area contributed by atoms with Crippen molar-refractivity contribution >= 4 is 23.2 Å². The molecule has 1 aliphatic carbocycles. The summed E-state index contributed by atoms with van der Waals surface area (Å²) in [5.41, 5.74) is 0.791. The summed E-state index contributed by atoms with van der Waals surface area (Å²) in [6.45, 7) is 3.01. The Kier molecular flexibility index (Phi) is 5.08. The second-order valence-electron chi connectivity index (χ2n) is 7.40. The van der Waals surface area contributed by atoms with Gasteiger partial charge in [-0.3, -0.25) is 9.59 Å². The number of nitrogens with zero attached hydrogens (tertiary/aromatic N) is 2. The third kappa shape index (κ3) is 3.75. The van der Waals surface area contributed by atoms with E-state index in [-0.39, 0.29) is 17.9 Å². The van der Waals surface area contributed by atoms with E-state index >= 15 is 0 Å². The lowest BCUT2D eigenvalue weighted by Gasteiger charge is -2.43. The highest BCUT2D eigenvalue weighted by Gasteiger charge is 2.41. The molecular formula is C19H26N2O3S. The van der Waals surface area contributed by atoms with Gasteiger partial charge in [-0.05, 0) is 50.0 Å². The number of amides is 2. The molecular weight excluding hydrogens is 336 g/mol. The molecule has 0 bridgehead atoms. The van der Waals surface area contributed by atoms with E-state index in [0.717, 1.165) is 70.4 Å². The van der Waals surface area contributed by atoms with E-state index in [2.05, 4.69) is 4.90 Å². The van der Waals surface area contributed by atoms with Crippen molar-refractivity contribution in [2.24, 2.45) is 5.92 Å². The number of thiophene rings is 1. The van der Waals surface area contributed by atoms with Crippen molar-refractivity contribution in [3.05, 3.63) is 22.4 Å². The number of carbonyl (C=O) groups is 2. The van der Waals surface area contributed by atoms with Crippen LogP contribution in [0.4, 0.5) is 0 Å². The number of carbonyl (C=O) groups excluding carboxylic acids is 2. The smallest absolute Gasteiger partial charge is 0.254 e. The maximum atomic E-state index is 12.9. The average molecular weight is 362 g/mol. The monoisotopic (exact) mass is 362 g/mol. The minimum atomic E-state index is 0.130. The molecule has 0 atom stereocenters. The molecule has 2 amide bonds. The second-order valence-corrected chi connectivity index (χ2v) is 8.18. The molecule has 25 heavy (non-hydrogen) atoms. The zero-order valence-electron chi connectivity index (χ0n) is 14.6. The van der Waals surface area contributed by atoms with Crippen molar-refractivity contribution in [3.8, 4) is 0 Å². The van der Waals surface area contributed by atoms with Gasteiger partial charge in [0.2, 0.25) is 5.91 Å². The van der Waals surface area contributed by atoms with E-state index in [1.807, 2.05) is 21.7 Å². The van der Waals surface area contributed by atoms with Crippen LogP contribution >= 0.6 is 11.3 Å². The molecule has 2 aliphatic heterocycles. The van der Waals surface area contributed by atoms with Crippen LogP contribution in [0.2, 0.25) is 0 Å². The molecule has 3 fully saturated rings. The largest absolute Gasteiger partial charge is 0.381 e. The van der Waals surface area contributed by atoms with Crippen LogP contribution in [0.5, 0.6) is 0 Å². The first-order chi connectivity index (χ1) is 12.2. The van der Waals surface area contributed by atoms with Gasteiger partial charge < -0.3 is 14.5 Å². The first-order valence-corrected chi connectivity index (χ1v) is 10.4. The van der Waals surface area contributed by atoms with Crippen molar-refractivity contribution in [1.29, 1.82) is 0 Å². The van der Waals surface area contributed by atoms with Crippen LogP contribution in [0.1, 0.15) is 48.9 Å². The van der Waals surface area contributed by atoms with Gasteiger partial charge in [-0.25, -0.2) is 0 Å². The van der Waals surface area contributed by atoms with Gasteiger partial charge in [-0.2, -0.15) is 11.3 Å². The van der Waals surface area contributed by atoms with Crippen molar-refractivity contribution in [3.63, 3.8) is 0 Å². The Labute approximate surface area is 152 Å². The molecule has 1 saturated carbocycles. The number of piperidine rings is 1. The summed E-state index contributed by atoms with van der Waals surface area (Å²) in [5, 5.41) is 3.86. The van der Waals surface area contributed by atoms with Crippen LogP contribution in [0, 0.1) is 5.92 Å². The van der Waals surface area contributed by atoms with Gasteiger partial charge in [0.15, 0.2) is 0 Å². The number of hydrogen-bond donors (Lipinski definition) is 0. The molecule has 0 N–H and O–H groups in total. The average Bonchev–Trinajstić information content (AvgIpc) is 3.37. The number of likely N-dealkylation sites (tertiary alicyclic amines) is 1. The minimum Gasteiger partial charge on any atom is -0.381 e. The summed E-state index contributed by atoms with van der Waals surface area (Å²) in [7, 11) is 0. The van der Waals surface area contributed by atoms with Crippen LogP contribution < -0.4 is 0 Å². The van der Waals surface area contributed by atoms with Crippen molar-refractivity contribution in [2.75, 3.05) is 26.3 Å². The van der Waals surface area contributed by atoms with Crippen molar-refractivity contribution < 1.29 is 14.3 Å². The zero-order chi connectivity index (χ0) is 17.2. The first kappa shape index (κ1) is 17.0. The van der Waals surface area contributed by atoms with Crippen LogP contribution in [-0.4, -0.2) is 60.0 Å². The zero-order valence-corrected chi connectivity index (χ0v) is 15.4. The van der Waals surface area contributed by atoms with Gasteiger partial charge in [0, 0.05) is 49.7 Å². The Hall–Kier alpha value is -1.40. The van der Waals surface area contributed by atoms with E-state index in [0.29, 0.717) is 11.9 Å². The van der Waals surface area contributed by atoms with E-state index in [1.165, 1.54) is 0 Å². The molecule has 5 nitrogen and oxygen atoms in total. The number of ether oxygens (including phenoxy) is 1. The normalized spacial score (nSPS) is 22.8. The summed E-state index contributed by atoms with van der Waals surface area (Å²) in [6.07, 6.45) is 5.79. The quantitative estimate of drug-likeness (QED) is 0.828. The lowest BCUT2D eigenvalue weighted by Crippen LogP contribution is -2.54. The van der Waals surface area contributed by atoms with E-state index in [9.17, 15) is 9.59 Å². The lowest BCUT2D eigenvalue weighted by molar-refractivity contribution is -0.141. The Morgan fingerprint density at radius 2 is 1.72 bits per heavy atom. The van der Waals surface area contributed by atoms with Gasteiger partial charge in [-0.1, -0.05) is 0 Å². The molecule has 1 aromatic rings. The van der Waals surface area contributed by atoms with Crippen LogP contribution in [-0.2, 0) is 9.53 Å². The SMILES string of the molecule is O=C(c1ccsc1)N1CCC(N(C(=O)C2CC2)C2CCOCC2)CC1. The minimum absolute atomic E-state index is 0.130. The Balaban J connectivity index is 1.41. The summed E-state index contributed by atoms with van der Waals surface area (Å²) in [6, 6.07) is 2.50. The topological polar surface area (TPSA) is 49.9 Å². The maximum Gasteiger partial charge on any atom is 0.254 e. The first-order valence-electron chi connectivity index (χ1n) is 9.45. The van der Waals surface area contributed by atoms with Gasteiger partial charge in [0.05, 0.1) is 5.56 Å². The van der Waals surface area contributed by atoms with Crippen molar-refractivity contribution in [1.82, 2.24) is 9.80 Å². The molecule has 136 valence electrons. The Bertz CT molecular complexity index is 600. The predicted octanol–water partition coefficient (Wildman–Crippen LogP) is 2.77. The van der Waals surface area contributed by atoms with Gasteiger partial charge in [0.25, 0.3) is 5.91 Å². The summed E-state index contributed by atoms with van der Waals surface area (Å²) in [4.78, 5) is 29.6. The van der Waals surface area contributed by atoms with Gasteiger partial charge >= 0.3 is 0 Å². The lowest BCUT2D eigenvalue weighted by atomic mass is 9.96. The second kappa shape index (κ2) is 7.46. The molecule has 2 saturated heterocycles. The molecule has 3 aliphatic rings. The highest BCUT2D eigenvalue weighted by atomic mass is 32.1. The molecule has 0 radical (unpaired) electrons. The summed E-state index contributed by atoms with van der Waals surface area (Å²) < 4.78 is 5.49. The van der Waals surface area contributed by atoms with Gasteiger partial charge in [0.1, 0.15) is 0 Å².